The lowest BCUT2D eigenvalue weighted by atomic mass is 10.0. The van der Waals surface area contributed by atoms with E-state index in [2.05, 4.69) is 5.32 Å². The van der Waals surface area contributed by atoms with E-state index < -0.39 is 0 Å². The number of carbonyl (C=O) groups is 1. The highest BCUT2D eigenvalue weighted by Gasteiger charge is 2.13. The topological polar surface area (TPSA) is 55.1 Å². The van der Waals surface area contributed by atoms with Crippen LogP contribution in [-0.4, -0.2) is 12.5 Å². The minimum atomic E-state index is -0.342. The molecule has 1 amide bonds. The number of nitrogens with one attached hydrogen (secondary N) is 1. The number of nitrogens with two attached hydrogens (primary N) is 1. The minimum absolute atomic E-state index is 0.0510. The van der Waals surface area contributed by atoms with Gasteiger partial charge in [-0.1, -0.05) is 29.8 Å². The van der Waals surface area contributed by atoms with Crippen molar-refractivity contribution in [3.8, 4) is 0 Å². The quantitative estimate of drug-likeness (QED) is 0.824. The molecule has 0 spiro atoms. The fraction of sp³-hybridized carbons (Fsp3) is 0.364. The summed E-state index contributed by atoms with van der Waals surface area (Å²) in [4.78, 5) is 11.3. The van der Waals surface area contributed by atoms with Crippen molar-refractivity contribution >= 4 is 17.5 Å². The average molecular weight is 227 g/mol. The van der Waals surface area contributed by atoms with Crippen molar-refractivity contribution in [1.29, 1.82) is 0 Å². The molecule has 1 rings (SSSR count). The molecule has 15 heavy (non-hydrogen) atoms. The van der Waals surface area contributed by atoms with Crippen LogP contribution < -0.4 is 11.1 Å². The molecule has 0 aliphatic carbocycles. The van der Waals surface area contributed by atoms with Gasteiger partial charge in [0.15, 0.2) is 0 Å². The summed E-state index contributed by atoms with van der Waals surface area (Å²) < 4.78 is 0. The van der Waals surface area contributed by atoms with Crippen molar-refractivity contribution in [3.63, 3.8) is 0 Å². The first-order valence-corrected chi connectivity index (χ1v) is 5.29. The van der Waals surface area contributed by atoms with Gasteiger partial charge in [-0.15, -0.1) is 0 Å². The number of rotatable bonds is 4. The van der Waals surface area contributed by atoms with Crippen LogP contribution in [0.4, 0.5) is 0 Å². The Morgan fingerprint density at radius 3 is 2.80 bits per heavy atom. The van der Waals surface area contributed by atoms with E-state index in [0.29, 0.717) is 11.6 Å². The Morgan fingerprint density at radius 2 is 2.20 bits per heavy atom. The molecule has 0 aliphatic rings. The number of benzene rings is 1. The maximum atomic E-state index is 11.3. The Labute approximate surface area is 94.6 Å². The Kier molecular flexibility index (Phi) is 4.59. The van der Waals surface area contributed by atoms with Crippen LogP contribution in [0, 0.1) is 0 Å². The molecule has 82 valence electrons. The molecule has 0 aliphatic heterocycles. The Bertz CT molecular complexity index is 341. The SMILES string of the molecule is CCNC(=O)CC(N)c1ccccc1Cl. The molecule has 0 aromatic heterocycles. The minimum Gasteiger partial charge on any atom is -0.356 e. The van der Waals surface area contributed by atoms with Crippen molar-refractivity contribution in [2.24, 2.45) is 5.73 Å². The molecule has 1 unspecified atom stereocenters. The third-order valence-electron chi connectivity index (χ3n) is 2.08. The van der Waals surface area contributed by atoms with Gasteiger partial charge in [-0.25, -0.2) is 0 Å². The van der Waals surface area contributed by atoms with Gasteiger partial charge in [0.25, 0.3) is 0 Å². The summed E-state index contributed by atoms with van der Waals surface area (Å²) >= 11 is 5.97. The van der Waals surface area contributed by atoms with Gasteiger partial charge in [0, 0.05) is 24.0 Å². The highest BCUT2D eigenvalue weighted by Crippen LogP contribution is 2.22. The van der Waals surface area contributed by atoms with E-state index in [9.17, 15) is 4.79 Å². The van der Waals surface area contributed by atoms with Gasteiger partial charge in [-0.05, 0) is 18.6 Å². The maximum Gasteiger partial charge on any atom is 0.221 e. The van der Waals surface area contributed by atoms with E-state index in [1.165, 1.54) is 0 Å². The lowest BCUT2D eigenvalue weighted by molar-refractivity contribution is -0.121. The van der Waals surface area contributed by atoms with Crippen molar-refractivity contribution in [3.05, 3.63) is 34.9 Å². The summed E-state index contributed by atoms with van der Waals surface area (Å²) in [5.41, 5.74) is 6.69. The molecule has 0 fully saturated rings. The van der Waals surface area contributed by atoms with Crippen LogP contribution in [-0.2, 0) is 4.79 Å². The zero-order chi connectivity index (χ0) is 11.3. The van der Waals surface area contributed by atoms with Gasteiger partial charge < -0.3 is 11.1 Å². The van der Waals surface area contributed by atoms with Crippen LogP contribution in [0.25, 0.3) is 0 Å². The standard InChI is InChI=1S/C11H15ClN2O/c1-2-14-11(15)7-10(13)8-5-3-4-6-9(8)12/h3-6,10H,2,7,13H2,1H3,(H,14,15). The van der Waals surface area contributed by atoms with Crippen molar-refractivity contribution < 1.29 is 4.79 Å². The van der Waals surface area contributed by atoms with Crippen LogP contribution in [0.1, 0.15) is 24.9 Å². The van der Waals surface area contributed by atoms with E-state index in [4.69, 9.17) is 17.3 Å². The van der Waals surface area contributed by atoms with E-state index in [-0.39, 0.29) is 18.4 Å². The Morgan fingerprint density at radius 1 is 1.53 bits per heavy atom. The van der Waals surface area contributed by atoms with Crippen LogP contribution >= 0.6 is 11.6 Å². The lowest BCUT2D eigenvalue weighted by Gasteiger charge is -2.12. The van der Waals surface area contributed by atoms with E-state index in [0.717, 1.165) is 5.56 Å². The molecule has 0 bridgehead atoms. The first-order valence-electron chi connectivity index (χ1n) is 4.91. The molecule has 0 saturated carbocycles. The second-order valence-corrected chi connectivity index (χ2v) is 3.69. The molecule has 1 aromatic carbocycles. The molecule has 3 nitrogen and oxygen atoms in total. The van der Waals surface area contributed by atoms with Gasteiger partial charge in [0.2, 0.25) is 5.91 Å². The van der Waals surface area contributed by atoms with Crippen LogP contribution in [0.3, 0.4) is 0 Å². The molecule has 1 aromatic rings. The van der Waals surface area contributed by atoms with E-state index in [1.54, 1.807) is 6.07 Å². The van der Waals surface area contributed by atoms with E-state index >= 15 is 0 Å². The normalized spacial score (nSPS) is 12.2. The predicted molar refractivity (Wildman–Crippen MR) is 61.7 cm³/mol. The van der Waals surface area contributed by atoms with Crippen LogP contribution in [0.2, 0.25) is 5.02 Å². The molecular formula is C11H15ClN2O. The zero-order valence-corrected chi connectivity index (χ0v) is 9.42. The molecule has 1 atom stereocenters. The monoisotopic (exact) mass is 226 g/mol. The Balaban J connectivity index is 2.65. The molecule has 0 heterocycles. The number of hydrogen-bond donors (Lipinski definition) is 2. The largest absolute Gasteiger partial charge is 0.356 e. The summed E-state index contributed by atoms with van der Waals surface area (Å²) in [5, 5.41) is 3.31. The third kappa shape index (κ3) is 3.53. The summed E-state index contributed by atoms with van der Waals surface area (Å²) in [6.07, 6.45) is 0.261. The lowest BCUT2D eigenvalue weighted by Crippen LogP contribution is -2.27. The highest BCUT2D eigenvalue weighted by atomic mass is 35.5. The summed E-state index contributed by atoms with van der Waals surface area (Å²) in [5.74, 6) is -0.0510. The molecule has 0 saturated heterocycles. The van der Waals surface area contributed by atoms with Crippen molar-refractivity contribution in [2.45, 2.75) is 19.4 Å². The number of halogens is 1. The van der Waals surface area contributed by atoms with Gasteiger partial charge in [-0.2, -0.15) is 0 Å². The molecule has 0 radical (unpaired) electrons. The number of amides is 1. The summed E-state index contributed by atoms with van der Waals surface area (Å²) in [6, 6.07) is 6.97. The average Bonchev–Trinajstić information content (AvgIpc) is 2.18. The summed E-state index contributed by atoms with van der Waals surface area (Å²) in [7, 11) is 0. The fourth-order valence-corrected chi connectivity index (χ4v) is 1.63. The highest BCUT2D eigenvalue weighted by molar-refractivity contribution is 6.31. The first kappa shape index (κ1) is 12.0. The zero-order valence-electron chi connectivity index (χ0n) is 8.66. The van der Waals surface area contributed by atoms with Crippen molar-refractivity contribution in [2.75, 3.05) is 6.54 Å². The van der Waals surface area contributed by atoms with Gasteiger partial charge in [0.1, 0.15) is 0 Å². The maximum absolute atomic E-state index is 11.3. The molecular weight excluding hydrogens is 212 g/mol. The molecule has 3 N–H and O–H groups in total. The second-order valence-electron chi connectivity index (χ2n) is 3.29. The van der Waals surface area contributed by atoms with Gasteiger partial charge >= 0.3 is 0 Å². The van der Waals surface area contributed by atoms with Crippen molar-refractivity contribution in [1.82, 2.24) is 5.32 Å². The first-order chi connectivity index (χ1) is 7.15. The smallest absolute Gasteiger partial charge is 0.221 e. The van der Waals surface area contributed by atoms with Gasteiger partial charge in [-0.3, -0.25) is 4.79 Å². The van der Waals surface area contributed by atoms with Gasteiger partial charge in [0.05, 0.1) is 0 Å². The number of carbonyl (C=O) groups excluding carboxylic acids is 1. The molecule has 4 heteroatoms. The van der Waals surface area contributed by atoms with Crippen LogP contribution in [0.5, 0.6) is 0 Å². The number of hydrogen-bond acceptors (Lipinski definition) is 2. The summed E-state index contributed by atoms with van der Waals surface area (Å²) in [6.45, 7) is 2.49. The predicted octanol–water partition coefficient (Wildman–Crippen LogP) is 1.87. The van der Waals surface area contributed by atoms with Crippen LogP contribution in [0.15, 0.2) is 24.3 Å². The fourth-order valence-electron chi connectivity index (χ4n) is 1.35. The third-order valence-corrected chi connectivity index (χ3v) is 2.43. The van der Waals surface area contributed by atoms with E-state index in [1.807, 2.05) is 25.1 Å². The Hall–Kier alpha value is -1.06. The second kappa shape index (κ2) is 5.73.